The van der Waals surface area contributed by atoms with Crippen molar-refractivity contribution >= 4 is 0 Å². The van der Waals surface area contributed by atoms with E-state index in [1.807, 2.05) is 12.3 Å². The number of hydrogen-bond donors (Lipinski definition) is 2. The maximum absolute atomic E-state index is 11.7. The van der Waals surface area contributed by atoms with Gasteiger partial charge in [0.2, 0.25) is 5.56 Å². The number of tetrazole rings is 1. The molecule has 0 amide bonds. The zero-order chi connectivity index (χ0) is 19.6. The molecule has 3 aromatic rings. The molecule has 1 saturated carbocycles. The van der Waals surface area contributed by atoms with Gasteiger partial charge in [0.1, 0.15) is 0 Å². The zero-order valence-corrected chi connectivity index (χ0v) is 16.6. The Bertz CT molecular complexity index is 1030. The number of H-pyrrole nitrogens is 2. The number of hydrogen-bond acceptors (Lipinski definition) is 5. The summed E-state index contributed by atoms with van der Waals surface area (Å²) in [6.07, 6.45) is 13.5. The average molecular weight is 390 g/mol. The quantitative estimate of drug-likeness (QED) is 0.660. The second kappa shape index (κ2) is 7.89. The van der Waals surface area contributed by atoms with Crippen LogP contribution in [0.4, 0.5) is 0 Å². The molecule has 5 rings (SSSR count). The Kier molecular flexibility index (Phi) is 4.96. The van der Waals surface area contributed by atoms with Crippen molar-refractivity contribution in [1.82, 2.24) is 30.6 Å². The van der Waals surface area contributed by atoms with Crippen LogP contribution in [0.3, 0.4) is 0 Å². The third-order valence-electron chi connectivity index (χ3n) is 6.40. The van der Waals surface area contributed by atoms with E-state index in [1.165, 1.54) is 43.4 Å². The number of nitrogens with one attached hydrogen (secondary N) is 2. The molecule has 29 heavy (non-hydrogen) atoms. The van der Waals surface area contributed by atoms with Gasteiger partial charge >= 0.3 is 0 Å². The minimum absolute atomic E-state index is 0.0933. The second-order valence-electron chi connectivity index (χ2n) is 8.26. The Morgan fingerprint density at radius 3 is 2.52 bits per heavy atom. The van der Waals surface area contributed by atoms with Crippen LogP contribution in [0.2, 0.25) is 0 Å². The molecule has 0 saturated heterocycles. The molecule has 0 unspecified atom stereocenters. The van der Waals surface area contributed by atoms with Gasteiger partial charge in [-0.25, -0.2) is 5.10 Å². The highest BCUT2D eigenvalue weighted by Gasteiger charge is 2.29. The topological polar surface area (TPSA) is 100 Å². The molecule has 7 heteroatoms. The highest BCUT2D eigenvalue weighted by molar-refractivity contribution is 5.85. The standard InChI is InChI=1S/C22H26N6O/c29-18-12-11-15(13-23-18)19-16-9-5-2-6-10-17(16)24-21(14-7-3-1-4-8-14)20(19)22-25-27-28-26-22/h11-14H,1-10H2,(H,23,29)(H,25,26,27,28). The zero-order valence-electron chi connectivity index (χ0n) is 16.6. The van der Waals surface area contributed by atoms with E-state index in [0.29, 0.717) is 11.7 Å². The Hall–Kier alpha value is -2.83. The fourth-order valence-corrected chi connectivity index (χ4v) is 5.00. The third kappa shape index (κ3) is 3.50. The van der Waals surface area contributed by atoms with E-state index >= 15 is 0 Å². The van der Waals surface area contributed by atoms with E-state index in [-0.39, 0.29) is 5.56 Å². The molecule has 0 spiro atoms. The molecule has 3 heterocycles. The Balaban J connectivity index is 1.81. The molecule has 0 aliphatic heterocycles. The molecule has 0 aromatic carbocycles. The summed E-state index contributed by atoms with van der Waals surface area (Å²) in [5.74, 6) is 1.10. The van der Waals surface area contributed by atoms with Gasteiger partial charge < -0.3 is 4.98 Å². The van der Waals surface area contributed by atoms with E-state index in [0.717, 1.165) is 54.5 Å². The fourth-order valence-electron chi connectivity index (χ4n) is 5.00. The molecule has 3 aromatic heterocycles. The first-order valence-electron chi connectivity index (χ1n) is 10.8. The lowest BCUT2D eigenvalue weighted by atomic mass is 9.81. The Labute approximate surface area is 169 Å². The van der Waals surface area contributed by atoms with Crippen molar-refractivity contribution in [3.8, 4) is 22.5 Å². The van der Waals surface area contributed by atoms with E-state index < -0.39 is 0 Å². The Morgan fingerprint density at radius 1 is 0.931 bits per heavy atom. The SMILES string of the molecule is O=c1ccc(-c2c3c(nc(C4CCCCC4)c2-c2nnn[nH]2)CCCCC3)c[nH]1. The number of rotatable bonds is 3. The molecule has 2 N–H and O–H groups in total. The number of nitrogens with zero attached hydrogens (tertiary/aromatic N) is 4. The normalized spacial score (nSPS) is 17.7. The van der Waals surface area contributed by atoms with Crippen LogP contribution in [0.5, 0.6) is 0 Å². The Morgan fingerprint density at radius 2 is 1.76 bits per heavy atom. The molecular formula is C22H26N6O. The van der Waals surface area contributed by atoms with Gasteiger partial charge in [-0.1, -0.05) is 25.7 Å². The van der Waals surface area contributed by atoms with E-state index in [9.17, 15) is 4.79 Å². The first kappa shape index (κ1) is 18.2. The summed E-state index contributed by atoms with van der Waals surface area (Å²) in [6.45, 7) is 0. The molecule has 7 nitrogen and oxygen atoms in total. The second-order valence-corrected chi connectivity index (χ2v) is 8.26. The van der Waals surface area contributed by atoms with E-state index in [2.05, 4.69) is 25.6 Å². The average Bonchev–Trinajstić information content (AvgIpc) is 3.19. The van der Waals surface area contributed by atoms with Crippen LogP contribution in [0.15, 0.2) is 23.1 Å². The highest BCUT2D eigenvalue weighted by Crippen LogP contribution is 2.44. The number of fused-ring (bicyclic) bond motifs is 1. The minimum Gasteiger partial charge on any atom is -0.328 e. The molecular weight excluding hydrogens is 364 g/mol. The predicted octanol–water partition coefficient (Wildman–Crippen LogP) is 3.93. The van der Waals surface area contributed by atoms with Crippen LogP contribution in [0.25, 0.3) is 22.5 Å². The van der Waals surface area contributed by atoms with Crippen molar-refractivity contribution < 1.29 is 0 Å². The van der Waals surface area contributed by atoms with Crippen LogP contribution in [-0.4, -0.2) is 30.6 Å². The van der Waals surface area contributed by atoms with Crippen molar-refractivity contribution in [3.05, 3.63) is 45.6 Å². The number of aryl methyl sites for hydroxylation is 1. The molecule has 0 atom stereocenters. The largest absolute Gasteiger partial charge is 0.328 e. The van der Waals surface area contributed by atoms with Crippen LogP contribution < -0.4 is 5.56 Å². The first-order chi connectivity index (χ1) is 14.3. The van der Waals surface area contributed by atoms with Gasteiger partial charge in [0.25, 0.3) is 0 Å². The molecule has 2 aliphatic rings. The van der Waals surface area contributed by atoms with Crippen molar-refractivity contribution in [2.45, 2.75) is 70.1 Å². The number of pyridine rings is 2. The van der Waals surface area contributed by atoms with Gasteiger partial charge in [0.15, 0.2) is 5.82 Å². The summed E-state index contributed by atoms with van der Waals surface area (Å²) in [5.41, 5.74) is 6.73. The van der Waals surface area contributed by atoms with Crippen molar-refractivity contribution in [1.29, 1.82) is 0 Å². The minimum atomic E-state index is -0.0933. The molecule has 150 valence electrons. The van der Waals surface area contributed by atoms with Crippen molar-refractivity contribution in [2.75, 3.05) is 0 Å². The van der Waals surface area contributed by atoms with Crippen LogP contribution >= 0.6 is 0 Å². The van der Waals surface area contributed by atoms with Crippen LogP contribution in [0, 0.1) is 0 Å². The van der Waals surface area contributed by atoms with Gasteiger partial charge in [0.05, 0.1) is 11.3 Å². The van der Waals surface area contributed by atoms with Crippen LogP contribution in [-0.2, 0) is 12.8 Å². The van der Waals surface area contributed by atoms with Gasteiger partial charge in [-0.05, 0) is 66.1 Å². The molecule has 0 bridgehead atoms. The summed E-state index contributed by atoms with van der Waals surface area (Å²) in [4.78, 5) is 19.8. The number of aromatic nitrogens is 6. The first-order valence-corrected chi connectivity index (χ1v) is 10.8. The van der Waals surface area contributed by atoms with Gasteiger partial charge in [-0.3, -0.25) is 9.78 Å². The third-order valence-corrected chi connectivity index (χ3v) is 6.40. The summed E-state index contributed by atoms with van der Waals surface area (Å²) in [7, 11) is 0. The summed E-state index contributed by atoms with van der Waals surface area (Å²) >= 11 is 0. The lowest BCUT2D eigenvalue weighted by Gasteiger charge is -2.26. The lowest BCUT2D eigenvalue weighted by Crippen LogP contribution is -2.14. The van der Waals surface area contributed by atoms with Crippen molar-refractivity contribution in [2.24, 2.45) is 0 Å². The maximum atomic E-state index is 11.7. The van der Waals surface area contributed by atoms with Gasteiger partial charge in [0, 0.05) is 29.4 Å². The monoisotopic (exact) mass is 390 g/mol. The van der Waals surface area contributed by atoms with E-state index in [4.69, 9.17) is 4.98 Å². The number of aromatic amines is 2. The van der Waals surface area contributed by atoms with E-state index in [1.54, 1.807) is 6.07 Å². The lowest BCUT2D eigenvalue weighted by molar-refractivity contribution is 0.436. The smallest absolute Gasteiger partial charge is 0.247 e. The summed E-state index contributed by atoms with van der Waals surface area (Å²) < 4.78 is 0. The molecule has 0 radical (unpaired) electrons. The van der Waals surface area contributed by atoms with Crippen LogP contribution in [0.1, 0.15) is 74.2 Å². The van der Waals surface area contributed by atoms with Gasteiger partial charge in [-0.2, -0.15) is 0 Å². The molecule has 1 fully saturated rings. The maximum Gasteiger partial charge on any atom is 0.247 e. The summed E-state index contributed by atoms with van der Waals surface area (Å²) in [6, 6.07) is 3.51. The molecule has 2 aliphatic carbocycles. The summed E-state index contributed by atoms with van der Waals surface area (Å²) in [5, 5.41) is 15.0. The highest BCUT2D eigenvalue weighted by atomic mass is 16.1. The fraction of sp³-hybridized carbons (Fsp3) is 0.500. The predicted molar refractivity (Wildman–Crippen MR) is 111 cm³/mol. The van der Waals surface area contributed by atoms with Gasteiger partial charge in [-0.15, -0.1) is 5.10 Å². The van der Waals surface area contributed by atoms with Crippen molar-refractivity contribution in [3.63, 3.8) is 0 Å².